The van der Waals surface area contributed by atoms with Gasteiger partial charge in [0.05, 0.1) is 44.2 Å². The Morgan fingerprint density at radius 3 is 1.86 bits per heavy atom. The Kier molecular flexibility index (Phi) is 12.9. The van der Waals surface area contributed by atoms with E-state index < -0.39 is 129 Å². The lowest BCUT2D eigenvalue weighted by Crippen LogP contribution is -2.68. The van der Waals surface area contributed by atoms with Gasteiger partial charge in [0.2, 0.25) is 0 Å². The van der Waals surface area contributed by atoms with Crippen molar-refractivity contribution in [3.8, 4) is 0 Å². The average molecular weight is 929 g/mol. The third-order valence-corrected chi connectivity index (χ3v) is 18.8. The van der Waals surface area contributed by atoms with Gasteiger partial charge in [-0.2, -0.15) is 0 Å². The molecule has 25 atom stereocenters. The number of aliphatic hydroxyl groups excluding tert-OH is 9. The van der Waals surface area contributed by atoms with Crippen LogP contribution in [0.25, 0.3) is 0 Å². The van der Waals surface area contributed by atoms with Crippen LogP contribution in [0.1, 0.15) is 99.8 Å². The van der Waals surface area contributed by atoms with Crippen molar-refractivity contribution >= 4 is 0 Å². The Hall–Kier alpha value is -0.980. The van der Waals surface area contributed by atoms with E-state index in [2.05, 4.69) is 47.6 Å². The first-order chi connectivity index (χ1) is 30.5. The quantitative estimate of drug-likeness (QED) is 0.102. The van der Waals surface area contributed by atoms with Crippen LogP contribution in [0, 0.1) is 45.3 Å². The van der Waals surface area contributed by atoms with E-state index in [9.17, 15) is 51.1 Å². The summed E-state index contributed by atoms with van der Waals surface area (Å²) in [6, 6.07) is 0. The predicted octanol–water partition coefficient (Wildman–Crippen LogP) is -0.0333. The fourth-order valence-corrected chi connectivity index (χ4v) is 15.9. The highest BCUT2D eigenvalue weighted by atomic mass is 16.8. The second-order valence-electron chi connectivity index (χ2n) is 22.9. The fraction of sp³-hybridized carbons (Fsp3) is 0.957. The van der Waals surface area contributed by atoms with Gasteiger partial charge < -0.3 is 89.0 Å². The zero-order chi connectivity index (χ0) is 47.0. The Morgan fingerprint density at radius 1 is 0.646 bits per heavy atom. The third-order valence-electron chi connectivity index (χ3n) is 18.8. The molecule has 10 N–H and O–H groups in total. The van der Waals surface area contributed by atoms with Gasteiger partial charge in [0.1, 0.15) is 67.1 Å². The molecule has 2 bridgehead atoms. The number of hydrogen-bond acceptors (Lipinski definition) is 18. The average Bonchev–Trinajstić information content (AvgIpc) is 3.86. The van der Waals surface area contributed by atoms with E-state index in [1.54, 1.807) is 0 Å². The van der Waals surface area contributed by atoms with Gasteiger partial charge in [-0.3, -0.25) is 0 Å². The van der Waals surface area contributed by atoms with Crippen molar-refractivity contribution in [2.45, 2.75) is 209 Å². The van der Waals surface area contributed by atoms with E-state index in [0.29, 0.717) is 25.4 Å². The van der Waals surface area contributed by atoms with E-state index in [1.165, 1.54) is 0 Å². The molecule has 20 unspecified atom stereocenters. The van der Waals surface area contributed by atoms with Crippen molar-refractivity contribution in [3.05, 3.63) is 11.6 Å². The fourth-order valence-electron chi connectivity index (χ4n) is 15.9. The lowest BCUT2D eigenvalue weighted by Gasteiger charge is -2.70. The second kappa shape index (κ2) is 17.1. The van der Waals surface area contributed by atoms with Gasteiger partial charge in [-0.25, -0.2) is 0 Å². The number of fused-ring (bicyclic) bond motifs is 4. The summed E-state index contributed by atoms with van der Waals surface area (Å²) in [5, 5.41) is 108. The van der Waals surface area contributed by atoms with E-state index in [0.717, 1.165) is 44.1 Å². The number of rotatable bonds is 10. The van der Waals surface area contributed by atoms with Crippen LogP contribution in [0.5, 0.6) is 0 Å². The molecule has 5 heterocycles. The maximum Gasteiger partial charge on any atom is 0.187 e. The Morgan fingerprint density at radius 2 is 1.23 bits per heavy atom. The molecule has 18 heteroatoms. The molecular weight excluding hydrogens is 852 g/mol. The zero-order valence-corrected chi connectivity index (χ0v) is 38.8. The molecule has 65 heavy (non-hydrogen) atoms. The molecule has 5 saturated heterocycles. The van der Waals surface area contributed by atoms with Crippen molar-refractivity contribution in [1.82, 2.24) is 0 Å². The van der Waals surface area contributed by atoms with Gasteiger partial charge in [0.25, 0.3) is 0 Å². The van der Waals surface area contributed by atoms with Gasteiger partial charge in [-0.1, -0.05) is 39.3 Å². The third kappa shape index (κ3) is 7.40. The summed E-state index contributed by atoms with van der Waals surface area (Å²) in [5.74, 6) is -0.184. The number of ether oxygens (including phenoxy) is 8. The number of hydrogen-bond donors (Lipinski definition) is 10. The van der Waals surface area contributed by atoms with Crippen LogP contribution in [0.2, 0.25) is 0 Å². The first-order valence-electron chi connectivity index (χ1n) is 24.1. The topological polar surface area (TPSA) is 276 Å². The summed E-state index contributed by atoms with van der Waals surface area (Å²) >= 11 is 0. The van der Waals surface area contributed by atoms with Crippen molar-refractivity contribution in [1.29, 1.82) is 0 Å². The van der Waals surface area contributed by atoms with Gasteiger partial charge in [0.15, 0.2) is 24.7 Å². The lowest BCUT2D eigenvalue weighted by atomic mass is 9.35. The SMILES string of the molecule is CC(C)=CC1C[C@](C)(O)C2C3CCC4[C@@]5(C)CCC(OC6OC(CO)C(O)C(OC7OC(CO)C(O)C(O)C7O)C6OC6OC(CO)C(O)C6O)C(C)(C)C5CC[C@@]4(C)[C@@]34CO[C@@]2(C4)O1. The highest BCUT2D eigenvalue weighted by molar-refractivity contribution is 5.26. The standard InChI is InChI=1S/C47H76O18/c1-21(2)14-22-15-45(7,57)38-23-8-9-28-43(5)12-11-29(42(3,4)27(43)10-13-44(28,6)46(23)19-47(38,65-22)58-20-46)62-41-37(64-39-34(55)31(52)25(17-49)60-39)36(32(53)26(18-50)61-41)63-40-35(56)33(54)30(51)24(16-48)59-40/h14,22-41,48-57H,8-13,15-20H2,1-7H3/t22?,23?,24?,25?,26?,27?,28?,29?,30?,31?,32?,33?,34?,35?,36?,37?,38?,39?,40?,41?,43-,44+,45-,46-,47-/m0/s1. The summed E-state index contributed by atoms with van der Waals surface area (Å²) in [7, 11) is 0. The van der Waals surface area contributed by atoms with E-state index >= 15 is 0 Å². The molecule has 9 rings (SSSR count). The zero-order valence-electron chi connectivity index (χ0n) is 38.8. The first-order valence-corrected chi connectivity index (χ1v) is 24.1. The van der Waals surface area contributed by atoms with Crippen molar-refractivity contribution in [2.75, 3.05) is 26.4 Å². The van der Waals surface area contributed by atoms with E-state index in [4.69, 9.17) is 37.9 Å². The Labute approximate surface area is 381 Å². The highest BCUT2D eigenvalue weighted by Crippen LogP contribution is 2.80. The minimum atomic E-state index is -1.86. The Bertz CT molecular complexity index is 1760. The van der Waals surface area contributed by atoms with Crippen LogP contribution in [0.4, 0.5) is 0 Å². The molecule has 0 aromatic heterocycles. The maximum absolute atomic E-state index is 12.2. The molecule has 4 saturated carbocycles. The molecule has 9 aliphatic rings. The number of allylic oxidation sites excluding steroid dienone is 1. The monoisotopic (exact) mass is 929 g/mol. The molecule has 0 radical (unpaired) electrons. The second-order valence-corrected chi connectivity index (χ2v) is 22.9. The van der Waals surface area contributed by atoms with Gasteiger partial charge in [-0.05, 0) is 93.3 Å². The molecule has 0 amide bonds. The van der Waals surface area contributed by atoms with Crippen LogP contribution in [0.15, 0.2) is 11.6 Å². The maximum atomic E-state index is 12.2. The van der Waals surface area contributed by atoms with Crippen molar-refractivity contribution < 1.29 is 89.0 Å². The van der Waals surface area contributed by atoms with Crippen molar-refractivity contribution in [2.24, 2.45) is 45.3 Å². The van der Waals surface area contributed by atoms with Crippen molar-refractivity contribution in [3.63, 3.8) is 0 Å². The van der Waals surface area contributed by atoms with Gasteiger partial charge in [-0.15, -0.1) is 0 Å². The summed E-state index contributed by atoms with van der Waals surface area (Å²) in [6.45, 7) is 13.9. The van der Waals surface area contributed by atoms with Gasteiger partial charge >= 0.3 is 0 Å². The highest BCUT2D eigenvalue weighted by Gasteiger charge is 2.81. The largest absolute Gasteiger partial charge is 0.394 e. The summed E-state index contributed by atoms with van der Waals surface area (Å²) < 4.78 is 50.9. The molecule has 0 aromatic rings. The molecular formula is C47H76O18. The molecule has 0 aromatic carbocycles. The van der Waals surface area contributed by atoms with Crippen LogP contribution < -0.4 is 0 Å². The number of aliphatic hydroxyl groups is 10. The normalized spacial score (nSPS) is 56.9. The molecule has 9 fully saturated rings. The Balaban J connectivity index is 0.991. The van der Waals surface area contributed by atoms with Crippen LogP contribution in [-0.4, -0.2) is 187 Å². The molecule has 2 spiro atoms. The van der Waals surface area contributed by atoms with Gasteiger partial charge in [0, 0.05) is 24.2 Å². The summed E-state index contributed by atoms with van der Waals surface area (Å²) in [4.78, 5) is 0. The van der Waals surface area contributed by atoms with E-state index in [-0.39, 0.29) is 40.1 Å². The minimum absolute atomic E-state index is 0.0960. The first kappa shape index (κ1) is 49.0. The smallest absolute Gasteiger partial charge is 0.187 e. The molecule has 372 valence electrons. The molecule has 18 nitrogen and oxygen atoms in total. The molecule has 4 aliphatic carbocycles. The van der Waals surface area contributed by atoms with Crippen LogP contribution in [-0.2, 0) is 37.9 Å². The van der Waals surface area contributed by atoms with Crippen LogP contribution in [0.3, 0.4) is 0 Å². The lowest BCUT2D eigenvalue weighted by molar-refractivity contribution is -0.387. The minimum Gasteiger partial charge on any atom is -0.394 e. The summed E-state index contributed by atoms with van der Waals surface area (Å²) in [6.07, 6.45) is -14.0. The summed E-state index contributed by atoms with van der Waals surface area (Å²) in [5.41, 5.74) is -0.668. The predicted molar refractivity (Wildman–Crippen MR) is 225 cm³/mol. The van der Waals surface area contributed by atoms with E-state index in [1.807, 2.05) is 6.92 Å². The van der Waals surface area contributed by atoms with Crippen LogP contribution >= 0.6 is 0 Å². The molecule has 5 aliphatic heterocycles.